The lowest BCUT2D eigenvalue weighted by molar-refractivity contribution is -0.150. The van der Waals surface area contributed by atoms with E-state index in [-0.39, 0.29) is 17.9 Å². The highest BCUT2D eigenvalue weighted by molar-refractivity contribution is 7.88. The lowest BCUT2D eigenvalue weighted by Crippen LogP contribution is -2.34. The fourth-order valence-electron chi connectivity index (χ4n) is 4.62. The number of hydrogen-bond acceptors (Lipinski definition) is 10. The van der Waals surface area contributed by atoms with Crippen LogP contribution in [0.15, 0.2) is 52.6 Å². The Morgan fingerprint density at radius 3 is 2.39 bits per heavy atom. The molecule has 0 atom stereocenters. The third-order valence-corrected chi connectivity index (χ3v) is 7.81. The Kier molecular flexibility index (Phi) is 10.4. The Morgan fingerprint density at radius 2 is 1.80 bits per heavy atom. The predicted molar refractivity (Wildman–Crippen MR) is 180 cm³/mol. The molecule has 14 heteroatoms. The summed E-state index contributed by atoms with van der Waals surface area (Å²) in [7, 11) is -3.26. The molecule has 0 aliphatic carbocycles. The molecule has 4 rings (SSSR count). The van der Waals surface area contributed by atoms with Crippen LogP contribution in [0.25, 0.3) is 11.4 Å². The van der Waals surface area contributed by atoms with E-state index in [4.69, 9.17) is 19.8 Å². The highest BCUT2D eigenvalue weighted by Crippen LogP contribution is 2.31. The zero-order valence-corrected chi connectivity index (χ0v) is 28.4. The number of likely N-dealkylation sites (N-methyl/N-ethyl adjacent to an activating group) is 1. The number of ether oxygens (including phenoxy) is 1. The fraction of sp³-hybridized carbons (Fsp3) is 0.438. The van der Waals surface area contributed by atoms with Gasteiger partial charge in [0.15, 0.2) is 12.4 Å². The standard InChI is InChI=1S/C32H42N8O5S/c1-9-39(17-16-33-46(8,43)44)24-14-15-25(21(4)18-24)35-27-28(32(5,6)7)37-40-30(27)36-29(38-40)22-10-12-23(13-11-22)34-26(41)19-45-31(42)20(2)3/h10-15,18,20,33H,9,16-17,19H2,1-8H3,(H,34,41). The average Bonchev–Trinajstić information content (AvgIpc) is 3.54. The van der Waals surface area contributed by atoms with Gasteiger partial charge < -0.3 is 15.0 Å². The number of aliphatic imine (C=N–C) groups is 1. The van der Waals surface area contributed by atoms with Gasteiger partial charge in [-0.15, -0.1) is 9.89 Å². The molecule has 3 aromatic rings. The van der Waals surface area contributed by atoms with Crippen LogP contribution in [0.4, 0.5) is 17.1 Å². The van der Waals surface area contributed by atoms with E-state index in [2.05, 4.69) is 40.8 Å². The third kappa shape index (κ3) is 8.63. The molecule has 0 saturated heterocycles. The third-order valence-electron chi connectivity index (χ3n) is 7.08. The summed E-state index contributed by atoms with van der Waals surface area (Å²) in [4.78, 5) is 37.2. The number of hydrogen-bond donors (Lipinski definition) is 2. The Morgan fingerprint density at radius 1 is 1.11 bits per heavy atom. The largest absolute Gasteiger partial charge is 0.455 e. The molecule has 1 aliphatic rings. The highest BCUT2D eigenvalue weighted by atomic mass is 32.2. The van der Waals surface area contributed by atoms with E-state index >= 15 is 0 Å². The van der Waals surface area contributed by atoms with Crippen LogP contribution in [0.1, 0.15) is 52.9 Å². The summed E-state index contributed by atoms with van der Waals surface area (Å²) < 4.78 is 30.5. The van der Waals surface area contributed by atoms with Crippen LogP contribution in [0, 0.1) is 18.3 Å². The number of benzene rings is 2. The Hall–Kier alpha value is -4.43. The molecule has 13 nitrogen and oxygen atoms in total. The summed E-state index contributed by atoms with van der Waals surface area (Å²) in [6.07, 6.45) is 1.15. The monoisotopic (exact) mass is 650 g/mol. The van der Waals surface area contributed by atoms with Crippen molar-refractivity contribution in [3.8, 4) is 11.4 Å². The molecular weight excluding hydrogens is 608 g/mol. The van der Waals surface area contributed by atoms with E-state index < -0.39 is 21.9 Å². The maximum absolute atomic E-state index is 12.2. The van der Waals surface area contributed by atoms with E-state index in [1.165, 1.54) is 4.79 Å². The van der Waals surface area contributed by atoms with Crippen molar-refractivity contribution >= 4 is 50.4 Å². The van der Waals surface area contributed by atoms with Crippen molar-refractivity contribution in [3.05, 3.63) is 53.9 Å². The molecule has 0 unspecified atom stereocenters. The maximum atomic E-state index is 12.2. The number of fused-ring (bicyclic) bond motifs is 1. The molecule has 1 aliphatic heterocycles. The van der Waals surface area contributed by atoms with Crippen molar-refractivity contribution in [3.63, 3.8) is 0 Å². The van der Waals surface area contributed by atoms with Gasteiger partial charge in [0.25, 0.3) is 5.91 Å². The van der Waals surface area contributed by atoms with Gasteiger partial charge in [0.05, 0.1) is 23.6 Å². The molecule has 2 heterocycles. The normalized spacial score (nSPS) is 13.9. The van der Waals surface area contributed by atoms with E-state index in [0.717, 1.165) is 34.5 Å². The van der Waals surface area contributed by atoms with Gasteiger partial charge in [-0.2, -0.15) is 5.10 Å². The molecule has 46 heavy (non-hydrogen) atoms. The zero-order valence-electron chi connectivity index (χ0n) is 27.6. The molecule has 0 saturated carbocycles. The summed E-state index contributed by atoms with van der Waals surface area (Å²) in [6.45, 7) is 14.8. The van der Waals surface area contributed by atoms with Crippen molar-refractivity contribution in [2.24, 2.45) is 21.4 Å². The van der Waals surface area contributed by atoms with Crippen LogP contribution < -0.4 is 14.9 Å². The first-order chi connectivity index (χ1) is 21.6. The number of carbonyl (C=O) groups excluding carboxylic acids is 2. The number of carbonyl (C=O) groups is 2. The van der Waals surface area contributed by atoms with Crippen LogP contribution in [-0.4, -0.2) is 79.1 Å². The quantitative estimate of drug-likeness (QED) is 0.277. The Bertz CT molecular complexity index is 1770. The van der Waals surface area contributed by atoms with Crippen molar-refractivity contribution in [2.75, 3.05) is 42.7 Å². The van der Waals surface area contributed by atoms with Crippen LogP contribution in [0.3, 0.4) is 0 Å². The van der Waals surface area contributed by atoms with Crippen LogP contribution in [0.5, 0.6) is 0 Å². The van der Waals surface area contributed by atoms with Crippen LogP contribution >= 0.6 is 0 Å². The van der Waals surface area contributed by atoms with Gasteiger partial charge in [-0.05, 0) is 61.9 Å². The predicted octanol–water partition coefficient (Wildman–Crippen LogP) is 4.15. The number of aryl methyl sites for hydroxylation is 1. The van der Waals surface area contributed by atoms with E-state index in [0.29, 0.717) is 42.7 Å². The van der Waals surface area contributed by atoms with Crippen LogP contribution in [0.2, 0.25) is 0 Å². The molecule has 0 bridgehead atoms. The Balaban J connectivity index is 1.56. The number of sulfonamides is 1. The molecule has 0 fully saturated rings. The summed E-state index contributed by atoms with van der Waals surface area (Å²) in [5, 5.41) is 12.1. The lowest BCUT2D eigenvalue weighted by atomic mass is 9.87. The SMILES string of the molecule is CCN(CCNS(C)(=O)=O)c1ccc(N=C2C(C(C)(C)C)=Nn3nc(-c4ccc(NC(=O)COC(=O)C(C)C)cc4)nc32)c(C)c1. The summed E-state index contributed by atoms with van der Waals surface area (Å²) in [5.74, 6) is -0.195. The Labute approximate surface area is 270 Å². The van der Waals surface area contributed by atoms with Crippen molar-refractivity contribution in [1.29, 1.82) is 0 Å². The van der Waals surface area contributed by atoms with Crippen molar-refractivity contribution < 1.29 is 22.7 Å². The molecule has 0 radical (unpaired) electrons. The first-order valence-corrected chi connectivity index (χ1v) is 17.0. The minimum Gasteiger partial charge on any atom is -0.455 e. The fourth-order valence-corrected chi connectivity index (χ4v) is 5.08. The van der Waals surface area contributed by atoms with Gasteiger partial charge in [0.1, 0.15) is 5.71 Å². The zero-order chi connectivity index (χ0) is 33.8. The lowest BCUT2D eigenvalue weighted by Gasteiger charge is -2.24. The maximum Gasteiger partial charge on any atom is 0.308 e. The first-order valence-electron chi connectivity index (χ1n) is 15.1. The number of aromatic nitrogens is 3. The molecule has 1 aromatic heterocycles. The van der Waals surface area contributed by atoms with Gasteiger partial charge in [-0.1, -0.05) is 34.6 Å². The van der Waals surface area contributed by atoms with Crippen LogP contribution in [-0.2, 0) is 24.3 Å². The second-order valence-corrected chi connectivity index (χ2v) is 14.2. The molecule has 2 aromatic carbocycles. The highest BCUT2D eigenvalue weighted by Gasteiger charge is 2.35. The number of nitrogens with zero attached hydrogens (tertiary/aromatic N) is 6. The molecule has 2 N–H and O–H groups in total. The van der Waals surface area contributed by atoms with Gasteiger partial charge in [-0.3, -0.25) is 9.59 Å². The van der Waals surface area contributed by atoms with E-state index in [1.54, 1.807) is 38.1 Å². The van der Waals surface area contributed by atoms with Crippen molar-refractivity contribution in [2.45, 2.75) is 48.5 Å². The minimum absolute atomic E-state index is 0.309. The first kappa shape index (κ1) is 34.4. The number of rotatable bonds is 12. The smallest absolute Gasteiger partial charge is 0.308 e. The summed E-state index contributed by atoms with van der Waals surface area (Å²) in [5.41, 5.74) is 5.01. The number of anilines is 2. The van der Waals surface area contributed by atoms with E-state index in [9.17, 15) is 18.0 Å². The molecule has 1 amide bonds. The van der Waals surface area contributed by atoms with Gasteiger partial charge in [0, 0.05) is 42.0 Å². The minimum atomic E-state index is -3.26. The number of esters is 1. The summed E-state index contributed by atoms with van der Waals surface area (Å²) in [6, 6.07) is 13.0. The van der Waals surface area contributed by atoms with Crippen molar-refractivity contribution in [1.82, 2.24) is 19.6 Å². The van der Waals surface area contributed by atoms with E-state index in [1.807, 2.05) is 32.0 Å². The second-order valence-electron chi connectivity index (χ2n) is 12.4. The number of nitrogens with one attached hydrogen (secondary N) is 2. The topological polar surface area (TPSA) is 160 Å². The molecular formula is C32H42N8O5S. The van der Waals surface area contributed by atoms with Gasteiger partial charge in [0.2, 0.25) is 15.8 Å². The average molecular weight is 651 g/mol. The van der Waals surface area contributed by atoms with Gasteiger partial charge in [-0.25, -0.2) is 23.1 Å². The molecule has 0 spiro atoms. The molecule has 246 valence electrons. The number of amides is 1. The van der Waals surface area contributed by atoms with Gasteiger partial charge >= 0.3 is 5.97 Å². The summed E-state index contributed by atoms with van der Waals surface area (Å²) >= 11 is 0. The second kappa shape index (κ2) is 13.9.